The molecule has 0 unspecified atom stereocenters. The van der Waals surface area contributed by atoms with E-state index in [4.69, 9.17) is 16.3 Å². The third-order valence-corrected chi connectivity index (χ3v) is 11.9. The highest BCUT2D eigenvalue weighted by Gasteiger charge is 2.42. The Labute approximate surface area is 330 Å². The van der Waals surface area contributed by atoms with Crippen LogP contribution >= 0.6 is 22.9 Å². The van der Waals surface area contributed by atoms with E-state index in [-0.39, 0.29) is 62.3 Å². The Morgan fingerprint density at radius 1 is 0.860 bits per heavy atom. The molecule has 9 nitrogen and oxygen atoms in total. The van der Waals surface area contributed by atoms with E-state index in [1.54, 1.807) is 6.07 Å². The summed E-state index contributed by atoms with van der Waals surface area (Å²) in [7, 11) is 0. The number of anilines is 4. The summed E-state index contributed by atoms with van der Waals surface area (Å²) in [5.74, 6) is -4.44. The average molecular weight is 826 g/mol. The summed E-state index contributed by atoms with van der Waals surface area (Å²) < 4.78 is 89.2. The number of halogens is 7. The van der Waals surface area contributed by atoms with E-state index < -0.39 is 46.9 Å². The lowest BCUT2D eigenvalue weighted by molar-refractivity contribution is -0.137. The lowest BCUT2D eigenvalue weighted by Gasteiger charge is -2.47. The number of thiophene rings is 1. The smallest absolute Gasteiger partial charge is 0.380 e. The lowest BCUT2D eigenvalue weighted by atomic mass is 9.77. The highest BCUT2D eigenvalue weighted by molar-refractivity contribution is 7.17. The zero-order valence-electron chi connectivity index (χ0n) is 29.6. The Bertz CT molecular complexity index is 2410. The first-order chi connectivity index (χ1) is 27.2. The number of alkyl halides is 3. The molecule has 3 aliphatic rings. The van der Waals surface area contributed by atoms with Crippen molar-refractivity contribution in [1.82, 2.24) is 4.98 Å². The Hall–Kier alpha value is -5.45. The predicted octanol–water partition coefficient (Wildman–Crippen LogP) is 9.22. The van der Waals surface area contributed by atoms with Gasteiger partial charge < -0.3 is 25.2 Å². The van der Waals surface area contributed by atoms with Gasteiger partial charge in [0.15, 0.2) is 5.82 Å². The number of hydrogen-bond acceptors (Lipinski definition) is 7. The molecule has 294 valence electrons. The van der Waals surface area contributed by atoms with Gasteiger partial charge in [-0.1, -0.05) is 11.6 Å². The molecule has 3 aromatic carbocycles. The molecular weight excluding hydrogens is 796 g/mol. The van der Waals surface area contributed by atoms with Crippen molar-refractivity contribution < 1.29 is 45.5 Å². The van der Waals surface area contributed by atoms with Crippen LogP contribution in [0.1, 0.15) is 54.4 Å². The molecule has 0 aliphatic carbocycles. The van der Waals surface area contributed by atoms with E-state index in [9.17, 15) is 40.7 Å². The van der Waals surface area contributed by atoms with E-state index >= 15 is 0 Å². The fourth-order valence-corrected chi connectivity index (χ4v) is 8.61. The van der Waals surface area contributed by atoms with Crippen LogP contribution < -0.4 is 20.4 Å². The summed E-state index contributed by atoms with van der Waals surface area (Å²) in [5, 5.41) is 4.69. The molecule has 2 saturated heterocycles. The summed E-state index contributed by atoms with van der Waals surface area (Å²) in [4.78, 5) is 48.8. The van der Waals surface area contributed by atoms with E-state index in [2.05, 4.69) is 15.6 Å². The van der Waals surface area contributed by atoms with Crippen molar-refractivity contribution in [2.75, 3.05) is 53.3 Å². The van der Waals surface area contributed by atoms with Gasteiger partial charge in [-0.05, 0) is 85.5 Å². The molecule has 5 heterocycles. The molecule has 2 aromatic heterocycles. The number of fused-ring (bicyclic) bond motifs is 3. The fourth-order valence-electron chi connectivity index (χ4n) is 7.23. The number of pyridine rings is 1. The number of piperidine rings is 1. The number of benzene rings is 3. The molecule has 1 spiro atoms. The maximum atomic E-state index is 14.7. The number of nitrogens with one attached hydrogen (secondary N) is 2. The molecule has 3 aliphatic heterocycles. The predicted molar refractivity (Wildman–Crippen MR) is 203 cm³/mol. The average Bonchev–Trinajstić information content (AvgIpc) is 3.53. The maximum absolute atomic E-state index is 14.7. The van der Waals surface area contributed by atoms with Gasteiger partial charge in [-0.3, -0.25) is 14.4 Å². The molecule has 0 saturated carbocycles. The summed E-state index contributed by atoms with van der Waals surface area (Å²) in [6, 6.07) is 13.5. The maximum Gasteiger partial charge on any atom is 0.417 e. The standard InChI is InChI=1S/C40H30ClF6N5O4S/c41-29-15-25(43)16-30(44)33(29)50-37(54)32-13-22-7-10-52(31-17-24(42)3-6-27(31)34(22)57-32)38(55)21-1-4-26(5-2-21)49-36(53)28-14-23(40(45,46)47)18-48-35(28)51-11-8-39(9-12-51)19-56-20-39/h1-6,13-18H,7-12,19-20H2,(H,49,53)(H,50,54). The molecule has 2 fully saturated rings. The van der Waals surface area contributed by atoms with Crippen molar-refractivity contribution in [3.63, 3.8) is 0 Å². The molecule has 57 heavy (non-hydrogen) atoms. The van der Waals surface area contributed by atoms with Crippen molar-refractivity contribution >= 4 is 63.5 Å². The van der Waals surface area contributed by atoms with Gasteiger partial charge in [0.2, 0.25) is 0 Å². The van der Waals surface area contributed by atoms with Crippen molar-refractivity contribution in [1.29, 1.82) is 0 Å². The number of carbonyl (C=O) groups excluding carboxylic acids is 3. The Morgan fingerprint density at radius 3 is 2.26 bits per heavy atom. The number of amides is 3. The molecule has 2 N–H and O–H groups in total. The number of carbonyl (C=O) groups is 3. The third-order valence-electron chi connectivity index (χ3n) is 10.4. The molecule has 17 heteroatoms. The first-order valence-electron chi connectivity index (χ1n) is 17.7. The van der Waals surface area contributed by atoms with Crippen molar-refractivity contribution in [3.8, 4) is 10.4 Å². The number of rotatable bonds is 6. The van der Waals surface area contributed by atoms with Gasteiger partial charge in [0, 0.05) is 59.0 Å². The van der Waals surface area contributed by atoms with Crippen LogP contribution in [0, 0.1) is 22.9 Å². The largest absolute Gasteiger partial charge is 0.417 e. The number of nitrogens with zero attached hydrogens (tertiary/aromatic N) is 3. The first kappa shape index (κ1) is 38.4. The van der Waals surface area contributed by atoms with E-state index in [1.165, 1.54) is 47.4 Å². The van der Waals surface area contributed by atoms with Crippen LogP contribution in [0.3, 0.4) is 0 Å². The van der Waals surface area contributed by atoms with Crippen molar-refractivity contribution in [3.05, 3.63) is 123 Å². The molecular formula is C40H30ClF6N5O4S. The molecule has 0 bridgehead atoms. The minimum Gasteiger partial charge on any atom is -0.380 e. The van der Waals surface area contributed by atoms with Crippen LogP contribution in [0.2, 0.25) is 5.02 Å². The first-order valence-corrected chi connectivity index (χ1v) is 18.9. The second-order valence-electron chi connectivity index (χ2n) is 14.1. The zero-order valence-corrected chi connectivity index (χ0v) is 31.2. The van der Waals surface area contributed by atoms with Crippen LogP contribution in [0.4, 0.5) is 49.2 Å². The van der Waals surface area contributed by atoms with Gasteiger partial charge in [0.25, 0.3) is 17.7 Å². The van der Waals surface area contributed by atoms with Gasteiger partial charge in [-0.25, -0.2) is 18.2 Å². The molecule has 3 amide bonds. The van der Waals surface area contributed by atoms with E-state index in [0.29, 0.717) is 48.4 Å². The molecule has 0 atom stereocenters. The van der Waals surface area contributed by atoms with Crippen LogP contribution in [0.5, 0.6) is 0 Å². The summed E-state index contributed by atoms with van der Waals surface area (Å²) >= 11 is 7.01. The minimum atomic E-state index is -4.73. The normalized spacial score (nSPS) is 16.0. The summed E-state index contributed by atoms with van der Waals surface area (Å²) in [6.45, 7) is 2.34. The number of aromatic nitrogens is 1. The summed E-state index contributed by atoms with van der Waals surface area (Å²) in [6.07, 6.45) is -2.25. The highest BCUT2D eigenvalue weighted by Crippen LogP contribution is 2.43. The SMILES string of the molecule is O=C(Nc1c(F)cc(F)cc1Cl)c1cc2c(s1)-c1ccc(F)cc1N(C(=O)c1ccc(NC(=O)c3cc(C(F)(F)F)cnc3N3CCC4(CC3)COC4)cc1)CC2. The second kappa shape index (κ2) is 14.8. The van der Waals surface area contributed by atoms with Crippen molar-refractivity contribution in [2.24, 2.45) is 5.41 Å². The second-order valence-corrected chi connectivity index (χ2v) is 15.6. The highest BCUT2D eigenvalue weighted by atomic mass is 35.5. The Kier molecular flexibility index (Phi) is 9.98. The Balaban J connectivity index is 1.01. The quantitative estimate of drug-likeness (QED) is 0.166. The van der Waals surface area contributed by atoms with E-state index in [0.717, 1.165) is 42.5 Å². The van der Waals surface area contributed by atoms with E-state index in [1.807, 2.05) is 4.90 Å². The molecule has 8 rings (SSSR count). The minimum absolute atomic E-state index is 0.0490. The van der Waals surface area contributed by atoms with Gasteiger partial charge >= 0.3 is 6.18 Å². The fraction of sp³-hybridized carbons (Fsp3) is 0.250. The third kappa shape index (κ3) is 7.56. The van der Waals surface area contributed by atoms with Gasteiger partial charge in [0.05, 0.1) is 45.6 Å². The van der Waals surface area contributed by atoms with Crippen molar-refractivity contribution in [2.45, 2.75) is 25.4 Å². The zero-order chi connectivity index (χ0) is 40.2. The van der Waals surface area contributed by atoms with Gasteiger partial charge in [-0.15, -0.1) is 11.3 Å². The molecule has 0 radical (unpaired) electrons. The monoisotopic (exact) mass is 825 g/mol. The van der Waals surface area contributed by atoms with Crippen LogP contribution in [-0.2, 0) is 17.3 Å². The number of hydrogen-bond donors (Lipinski definition) is 2. The summed E-state index contributed by atoms with van der Waals surface area (Å²) in [5.41, 5.74) is 0.109. The molecule has 5 aromatic rings. The number of ether oxygens (including phenoxy) is 1. The van der Waals surface area contributed by atoms with Crippen LogP contribution in [-0.4, -0.2) is 55.6 Å². The van der Waals surface area contributed by atoms with Gasteiger partial charge in [-0.2, -0.15) is 13.2 Å². The lowest BCUT2D eigenvalue weighted by Crippen LogP contribution is -2.51. The van der Waals surface area contributed by atoms with Crippen LogP contribution in [0.15, 0.2) is 72.9 Å². The van der Waals surface area contributed by atoms with Gasteiger partial charge in [0.1, 0.15) is 17.5 Å². The topological polar surface area (TPSA) is 104 Å². The Morgan fingerprint density at radius 2 is 1.60 bits per heavy atom. The van der Waals surface area contributed by atoms with Crippen LogP contribution in [0.25, 0.3) is 10.4 Å².